The van der Waals surface area contributed by atoms with Gasteiger partial charge in [-0.3, -0.25) is 4.79 Å². The Hall–Kier alpha value is -1.56. The van der Waals surface area contributed by atoms with Gasteiger partial charge in [-0.25, -0.2) is 0 Å². The molecule has 0 aliphatic heterocycles. The van der Waals surface area contributed by atoms with E-state index in [-0.39, 0.29) is 5.91 Å². The molecule has 0 saturated heterocycles. The highest BCUT2D eigenvalue weighted by Gasteiger charge is 2.10. The van der Waals surface area contributed by atoms with E-state index in [9.17, 15) is 4.79 Å². The first kappa shape index (κ1) is 15.8. The number of halogens is 1. The van der Waals surface area contributed by atoms with Gasteiger partial charge in [0.2, 0.25) is 0 Å². The molecule has 0 aliphatic rings. The molecule has 0 fully saturated rings. The highest BCUT2D eigenvalue weighted by atomic mass is 127. The van der Waals surface area contributed by atoms with Gasteiger partial charge in [-0.2, -0.15) is 0 Å². The normalized spacial score (nSPS) is 10.2. The number of carbonyl (C=O) groups excluding carboxylic acids is 1. The Morgan fingerprint density at radius 1 is 1.24 bits per heavy atom. The molecule has 0 spiro atoms. The summed E-state index contributed by atoms with van der Waals surface area (Å²) in [6.07, 6.45) is 0.929. The summed E-state index contributed by atoms with van der Waals surface area (Å²) in [4.78, 5) is 12.3. The Morgan fingerprint density at radius 3 is 2.76 bits per heavy atom. The number of amides is 1. The summed E-state index contributed by atoms with van der Waals surface area (Å²) in [5.74, 6) is 0.592. The van der Waals surface area contributed by atoms with Crippen LogP contribution in [0.5, 0.6) is 5.75 Å². The summed E-state index contributed by atoms with van der Waals surface area (Å²) in [5.41, 5.74) is 2.45. The topological polar surface area (TPSA) is 38.3 Å². The quantitative estimate of drug-likeness (QED) is 0.750. The maximum Gasteiger partial charge on any atom is 0.255 e. The van der Waals surface area contributed by atoms with Crippen LogP contribution in [0.1, 0.15) is 29.3 Å². The molecule has 3 nitrogen and oxygen atoms in total. The molecular weight excluding hydrogens is 377 g/mol. The lowest BCUT2D eigenvalue weighted by molar-refractivity contribution is 0.102. The van der Waals surface area contributed by atoms with Crippen molar-refractivity contribution >= 4 is 34.2 Å². The number of anilines is 1. The van der Waals surface area contributed by atoms with E-state index in [1.165, 1.54) is 0 Å². The number of nitrogens with one attached hydrogen (secondary N) is 1. The van der Waals surface area contributed by atoms with Crippen molar-refractivity contribution in [3.63, 3.8) is 0 Å². The Morgan fingerprint density at radius 2 is 2.05 bits per heavy atom. The van der Waals surface area contributed by atoms with Crippen molar-refractivity contribution in [1.82, 2.24) is 0 Å². The third-order valence-corrected chi connectivity index (χ3v) is 3.60. The molecular formula is C17H18INO2. The molecule has 1 amide bonds. The number of ether oxygens (including phenoxy) is 1. The van der Waals surface area contributed by atoms with Crippen molar-refractivity contribution in [2.24, 2.45) is 0 Å². The second kappa shape index (κ2) is 7.45. The Balaban J connectivity index is 2.20. The van der Waals surface area contributed by atoms with E-state index in [1.807, 2.05) is 43.3 Å². The fraction of sp³-hybridized carbons (Fsp3) is 0.235. The van der Waals surface area contributed by atoms with Crippen molar-refractivity contribution in [3.05, 3.63) is 57.2 Å². The fourth-order valence-electron chi connectivity index (χ4n) is 1.89. The van der Waals surface area contributed by atoms with Crippen molar-refractivity contribution in [2.75, 3.05) is 11.9 Å². The number of rotatable bonds is 5. The summed E-state index contributed by atoms with van der Waals surface area (Å²) in [6.45, 7) is 4.69. The number of hydrogen-bond acceptors (Lipinski definition) is 2. The minimum atomic E-state index is -0.126. The largest absolute Gasteiger partial charge is 0.491 e. The first-order valence-corrected chi connectivity index (χ1v) is 7.98. The first-order chi connectivity index (χ1) is 10.1. The molecule has 0 aromatic heterocycles. The van der Waals surface area contributed by atoms with Gasteiger partial charge >= 0.3 is 0 Å². The van der Waals surface area contributed by atoms with Gasteiger partial charge in [-0.05, 0) is 71.8 Å². The summed E-state index contributed by atoms with van der Waals surface area (Å²) in [7, 11) is 0. The van der Waals surface area contributed by atoms with Crippen molar-refractivity contribution in [3.8, 4) is 5.75 Å². The lowest BCUT2D eigenvalue weighted by Crippen LogP contribution is -2.13. The molecule has 0 aliphatic carbocycles. The minimum Gasteiger partial charge on any atom is -0.491 e. The molecule has 2 aromatic rings. The monoisotopic (exact) mass is 395 g/mol. The predicted molar refractivity (Wildman–Crippen MR) is 94.1 cm³/mol. The summed E-state index contributed by atoms with van der Waals surface area (Å²) in [6, 6.07) is 13.3. The van der Waals surface area contributed by atoms with Crippen molar-refractivity contribution in [2.45, 2.75) is 20.3 Å². The molecule has 2 aromatic carbocycles. The van der Waals surface area contributed by atoms with Gasteiger partial charge < -0.3 is 10.1 Å². The van der Waals surface area contributed by atoms with Crippen LogP contribution in [0.25, 0.3) is 0 Å². The average molecular weight is 395 g/mol. The second-order valence-corrected chi connectivity index (χ2v) is 6.06. The lowest BCUT2D eigenvalue weighted by Gasteiger charge is -2.13. The van der Waals surface area contributed by atoms with Crippen LogP contribution in [0.15, 0.2) is 42.5 Å². The van der Waals surface area contributed by atoms with Crippen LogP contribution in [0.4, 0.5) is 5.69 Å². The molecule has 0 heterocycles. The maximum atomic E-state index is 12.3. The molecule has 4 heteroatoms. The third-order valence-electron chi connectivity index (χ3n) is 2.93. The molecule has 0 atom stereocenters. The van der Waals surface area contributed by atoms with E-state index in [0.717, 1.165) is 21.3 Å². The van der Waals surface area contributed by atoms with E-state index in [1.54, 1.807) is 6.07 Å². The molecule has 110 valence electrons. The highest BCUT2D eigenvalue weighted by molar-refractivity contribution is 14.1. The van der Waals surface area contributed by atoms with E-state index in [2.05, 4.69) is 34.8 Å². The van der Waals surface area contributed by atoms with E-state index < -0.39 is 0 Å². The lowest BCUT2D eigenvalue weighted by atomic mass is 10.2. The summed E-state index contributed by atoms with van der Waals surface area (Å²) in [5, 5.41) is 2.92. The average Bonchev–Trinajstić information content (AvgIpc) is 2.47. The minimum absolute atomic E-state index is 0.126. The van der Waals surface area contributed by atoms with Crippen LogP contribution < -0.4 is 10.1 Å². The number of hydrogen-bond donors (Lipinski definition) is 1. The van der Waals surface area contributed by atoms with Gasteiger partial charge in [0.05, 0.1) is 12.3 Å². The van der Waals surface area contributed by atoms with Gasteiger partial charge in [-0.1, -0.05) is 19.1 Å². The van der Waals surface area contributed by atoms with Crippen molar-refractivity contribution < 1.29 is 9.53 Å². The molecule has 0 saturated carbocycles. The van der Waals surface area contributed by atoms with Gasteiger partial charge in [0, 0.05) is 9.13 Å². The first-order valence-electron chi connectivity index (χ1n) is 6.90. The number of benzene rings is 2. The van der Waals surface area contributed by atoms with Gasteiger partial charge in [0.1, 0.15) is 5.75 Å². The van der Waals surface area contributed by atoms with Gasteiger partial charge in [-0.15, -0.1) is 0 Å². The van der Waals surface area contributed by atoms with E-state index in [4.69, 9.17) is 4.74 Å². The molecule has 0 bridgehead atoms. The van der Waals surface area contributed by atoms with Crippen molar-refractivity contribution in [1.29, 1.82) is 0 Å². The fourth-order valence-corrected chi connectivity index (χ4v) is 2.43. The highest BCUT2D eigenvalue weighted by Crippen LogP contribution is 2.26. The van der Waals surface area contributed by atoms with Crippen LogP contribution in [-0.4, -0.2) is 12.5 Å². The zero-order valence-electron chi connectivity index (χ0n) is 12.2. The SMILES string of the molecule is CCCOc1cc(C)ccc1NC(=O)c1cccc(I)c1. The zero-order valence-corrected chi connectivity index (χ0v) is 14.3. The van der Waals surface area contributed by atoms with Gasteiger partial charge in [0.25, 0.3) is 5.91 Å². The smallest absolute Gasteiger partial charge is 0.255 e. The van der Waals surface area contributed by atoms with Crippen LogP contribution >= 0.6 is 22.6 Å². The predicted octanol–water partition coefficient (Wildman–Crippen LogP) is 4.64. The summed E-state index contributed by atoms with van der Waals surface area (Å²) < 4.78 is 6.75. The molecule has 21 heavy (non-hydrogen) atoms. The zero-order chi connectivity index (χ0) is 15.2. The summed E-state index contributed by atoms with van der Waals surface area (Å²) >= 11 is 2.19. The number of aryl methyl sites for hydroxylation is 1. The second-order valence-electron chi connectivity index (χ2n) is 4.81. The molecule has 1 N–H and O–H groups in total. The molecule has 2 rings (SSSR count). The Bertz CT molecular complexity index is 640. The van der Waals surface area contributed by atoms with Crippen LogP contribution in [0.2, 0.25) is 0 Å². The van der Waals surface area contributed by atoms with Crippen LogP contribution in [0.3, 0.4) is 0 Å². The van der Waals surface area contributed by atoms with E-state index in [0.29, 0.717) is 17.9 Å². The maximum absolute atomic E-state index is 12.3. The standard InChI is InChI=1S/C17H18INO2/c1-3-9-21-16-10-12(2)7-8-15(16)19-17(20)13-5-4-6-14(18)11-13/h4-8,10-11H,3,9H2,1-2H3,(H,19,20). The Kier molecular flexibility index (Phi) is 5.61. The van der Waals surface area contributed by atoms with Crippen LogP contribution in [-0.2, 0) is 0 Å². The third kappa shape index (κ3) is 4.46. The molecule has 0 unspecified atom stereocenters. The van der Waals surface area contributed by atoms with Gasteiger partial charge in [0.15, 0.2) is 0 Å². The van der Waals surface area contributed by atoms with Crippen LogP contribution in [0, 0.1) is 10.5 Å². The Labute approximate surface area is 138 Å². The molecule has 0 radical (unpaired) electrons. The number of carbonyl (C=O) groups is 1. The van der Waals surface area contributed by atoms with E-state index >= 15 is 0 Å².